The molecule has 1 aromatic heterocycles. The van der Waals surface area contributed by atoms with Crippen LogP contribution in [0.2, 0.25) is 0 Å². The van der Waals surface area contributed by atoms with Crippen LogP contribution < -0.4 is 10.6 Å². The third-order valence-corrected chi connectivity index (χ3v) is 4.91. The Labute approximate surface area is 115 Å². The Bertz CT molecular complexity index is 388. The molecule has 1 atom stereocenters. The van der Waals surface area contributed by atoms with Gasteiger partial charge in [-0.3, -0.25) is 4.79 Å². The number of amides is 1. The van der Waals surface area contributed by atoms with E-state index in [-0.39, 0.29) is 5.91 Å². The van der Waals surface area contributed by atoms with E-state index in [1.165, 1.54) is 17.8 Å². The lowest BCUT2D eigenvalue weighted by molar-refractivity contribution is 0.0950. The monoisotopic (exact) mass is 366 g/mol. The van der Waals surface area contributed by atoms with Gasteiger partial charge in [-0.25, -0.2) is 0 Å². The Morgan fingerprint density at radius 3 is 3.00 bits per heavy atom. The molecule has 0 bridgehead atoms. The van der Waals surface area contributed by atoms with Crippen LogP contribution in [0.15, 0.2) is 13.6 Å². The predicted molar refractivity (Wildman–Crippen MR) is 73.1 cm³/mol. The van der Waals surface area contributed by atoms with Crippen LogP contribution in [0, 0.1) is 0 Å². The zero-order valence-electron chi connectivity index (χ0n) is 8.56. The molecule has 1 aliphatic heterocycles. The molecule has 0 aromatic carbocycles. The number of rotatable bonds is 3. The second-order valence-corrected chi connectivity index (χ2v) is 7.49. The standard InChI is InChI=1S/C10H12Br2N2OS/c11-8-4-7(9(12)16-8)10(15)14-5-6-2-1-3-13-6/h4,6,13H,1-3,5H2,(H,14,15). The normalized spacial score (nSPS) is 20.0. The van der Waals surface area contributed by atoms with E-state index < -0.39 is 0 Å². The second kappa shape index (κ2) is 5.62. The first-order valence-corrected chi connectivity index (χ1v) is 7.53. The molecule has 1 saturated heterocycles. The number of nitrogens with one attached hydrogen (secondary N) is 2. The highest BCUT2D eigenvalue weighted by Crippen LogP contribution is 2.31. The summed E-state index contributed by atoms with van der Waals surface area (Å²) >= 11 is 8.26. The van der Waals surface area contributed by atoms with Gasteiger partial charge in [0.25, 0.3) is 5.91 Å². The fourth-order valence-corrected chi connectivity index (χ4v) is 4.53. The summed E-state index contributed by atoms with van der Waals surface area (Å²) in [4.78, 5) is 11.9. The highest BCUT2D eigenvalue weighted by molar-refractivity contribution is 9.12. The van der Waals surface area contributed by atoms with Crippen molar-refractivity contribution in [1.82, 2.24) is 10.6 Å². The highest BCUT2D eigenvalue weighted by Gasteiger charge is 2.17. The summed E-state index contributed by atoms with van der Waals surface area (Å²) in [6.45, 7) is 1.77. The van der Waals surface area contributed by atoms with Crippen molar-refractivity contribution in [3.63, 3.8) is 0 Å². The summed E-state index contributed by atoms with van der Waals surface area (Å²) < 4.78 is 1.83. The zero-order valence-corrected chi connectivity index (χ0v) is 12.5. The molecule has 16 heavy (non-hydrogen) atoms. The number of hydrogen-bond donors (Lipinski definition) is 2. The molecule has 88 valence electrons. The van der Waals surface area contributed by atoms with Gasteiger partial charge in [-0.1, -0.05) is 0 Å². The fourth-order valence-electron chi connectivity index (χ4n) is 1.74. The molecular weight excluding hydrogens is 356 g/mol. The van der Waals surface area contributed by atoms with Crippen LogP contribution in [0.3, 0.4) is 0 Å². The first-order chi connectivity index (χ1) is 7.66. The molecule has 2 heterocycles. The van der Waals surface area contributed by atoms with Gasteiger partial charge in [0, 0.05) is 12.6 Å². The number of hydrogen-bond acceptors (Lipinski definition) is 3. The number of halogens is 2. The molecule has 0 aliphatic carbocycles. The maximum atomic E-state index is 11.9. The van der Waals surface area contributed by atoms with Crippen molar-refractivity contribution in [2.45, 2.75) is 18.9 Å². The summed E-state index contributed by atoms with van der Waals surface area (Å²) in [6.07, 6.45) is 2.35. The topological polar surface area (TPSA) is 41.1 Å². The predicted octanol–water partition coefficient (Wildman–Crippen LogP) is 2.75. The highest BCUT2D eigenvalue weighted by atomic mass is 79.9. The van der Waals surface area contributed by atoms with Crippen molar-refractivity contribution in [2.75, 3.05) is 13.1 Å². The molecule has 0 radical (unpaired) electrons. The molecule has 2 rings (SSSR count). The lowest BCUT2D eigenvalue weighted by atomic mass is 10.2. The summed E-state index contributed by atoms with van der Waals surface area (Å²) in [6, 6.07) is 2.27. The number of thiophene rings is 1. The SMILES string of the molecule is O=C(NCC1CCCN1)c1cc(Br)sc1Br. The van der Waals surface area contributed by atoms with E-state index >= 15 is 0 Å². The van der Waals surface area contributed by atoms with Crippen LogP contribution in [-0.2, 0) is 0 Å². The lowest BCUT2D eigenvalue weighted by Gasteiger charge is -2.10. The Hall–Kier alpha value is 0.0900. The van der Waals surface area contributed by atoms with Gasteiger partial charge in [-0.2, -0.15) is 0 Å². The van der Waals surface area contributed by atoms with Gasteiger partial charge in [0.2, 0.25) is 0 Å². The van der Waals surface area contributed by atoms with E-state index in [0.717, 1.165) is 20.5 Å². The van der Waals surface area contributed by atoms with Gasteiger partial charge in [-0.05, 0) is 57.3 Å². The summed E-state index contributed by atoms with van der Waals surface area (Å²) in [5, 5.41) is 6.30. The van der Waals surface area contributed by atoms with Gasteiger partial charge in [0.05, 0.1) is 13.1 Å². The van der Waals surface area contributed by atoms with Crippen LogP contribution >= 0.6 is 43.2 Å². The van der Waals surface area contributed by atoms with Crippen molar-refractivity contribution >= 4 is 49.1 Å². The minimum atomic E-state index is -0.0116. The van der Waals surface area contributed by atoms with Crippen molar-refractivity contribution in [1.29, 1.82) is 0 Å². The van der Waals surface area contributed by atoms with Gasteiger partial charge in [0.15, 0.2) is 0 Å². The Balaban J connectivity index is 1.90. The Kier molecular flexibility index (Phi) is 4.41. The third kappa shape index (κ3) is 3.06. The maximum absolute atomic E-state index is 11.9. The Morgan fingerprint density at radius 2 is 2.44 bits per heavy atom. The zero-order chi connectivity index (χ0) is 11.5. The molecule has 0 saturated carbocycles. The van der Waals surface area contributed by atoms with Crippen LogP contribution in [-0.4, -0.2) is 25.0 Å². The average Bonchev–Trinajstić information content (AvgIpc) is 2.84. The fraction of sp³-hybridized carbons (Fsp3) is 0.500. The number of carbonyl (C=O) groups is 1. The van der Waals surface area contributed by atoms with Crippen LogP contribution in [0.25, 0.3) is 0 Å². The van der Waals surface area contributed by atoms with Crippen LogP contribution in [0.5, 0.6) is 0 Å². The summed E-state index contributed by atoms with van der Waals surface area (Å²) in [5.41, 5.74) is 0.704. The van der Waals surface area contributed by atoms with Crippen LogP contribution in [0.1, 0.15) is 23.2 Å². The van der Waals surface area contributed by atoms with Gasteiger partial charge in [-0.15, -0.1) is 11.3 Å². The molecule has 0 spiro atoms. The van der Waals surface area contributed by atoms with E-state index in [9.17, 15) is 4.79 Å². The molecule has 1 aromatic rings. The molecule has 2 N–H and O–H groups in total. The molecule has 1 aliphatic rings. The maximum Gasteiger partial charge on any atom is 0.253 e. The molecule has 3 nitrogen and oxygen atoms in total. The van der Waals surface area contributed by atoms with Crippen molar-refractivity contribution in [2.24, 2.45) is 0 Å². The smallest absolute Gasteiger partial charge is 0.253 e. The first kappa shape index (κ1) is 12.5. The molecule has 1 amide bonds. The molecule has 1 fully saturated rings. The van der Waals surface area contributed by atoms with Gasteiger partial charge >= 0.3 is 0 Å². The van der Waals surface area contributed by atoms with E-state index in [2.05, 4.69) is 42.5 Å². The van der Waals surface area contributed by atoms with Crippen molar-refractivity contribution < 1.29 is 4.79 Å². The van der Waals surface area contributed by atoms with E-state index in [0.29, 0.717) is 18.2 Å². The third-order valence-electron chi connectivity index (χ3n) is 2.57. The minimum absolute atomic E-state index is 0.0116. The van der Waals surface area contributed by atoms with E-state index in [1.54, 1.807) is 0 Å². The molecular formula is C10H12Br2N2OS. The van der Waals surface area contributed by atoms with Crippen LogP contribution in [0.4, 0.5) is 0 Å². The quantitative estimate of drug-likeness (QED) is 0.862. The first-order valence-electron chi connectivity index (χ1n) is 5.13. The summed E-state index contributed by atoms with van der Waals surface area (Å²) in [5.74, 6) is -0.0116. The van der Waals surface area contributed by atoms with Crippen molar-refractivity contribution in [3.05, 3.63) is 19.2 Å². The second-order valence-electron chi connectivity index (χ2n) is 3.74. The molecule has 6 heteroatoms. The average molecular weight is 368 g/mol. The molecule has 1 unspecified atom stereocenters. The van der Waals surface area contributed by atoms with Crippen molar-refractivity contribution in [3.8, 4) is 0 Å². The van der Waals surface area contributed by atoms with Gasteiger partial charge in [0.1, 0.15) is 0 Å². The van der Waals surface area contributed by atoms with E-state index in [4.69, 9.17) is 0 Å². The van der Waals surface area contributed by atoms with Gasteiger partial charge < -0.3 is 10.6 Å². The number of carbonyl (C=O) groups excluding carboxylic acids is 1. The summed E-state index contributed by atoms with van der Waals surface area (Å²) in [7, 11) is 0. The Morgan fingerprint density at radius 1 is 1.62 bits per heavy atom. The van der Waals surface area contributed by atoms with E-state index in [1.807, 2.05) is 6.07 Å². The lowest BCUT2D eigenvalue weighted by Crippen LogP contribution is -2.37. The minimum Gasteiger partial charge on any atom is -0.350 e. The largest absolute Gasteiger partial charge is 0.350 e.